The quantitative estimate of drug-likeness (QED) is 0.150. The predicted molar refractivity (Wildman–Crippen MR) is 243 cm³/mol. The lowest BCUT2D eigenvalue weighted by atomic mass is 9.70. The average Bonchev–Trinajstić information content (AvgIpc) is 3.78. The zero-order valence-electron chi connectivity index (χ0n) is 33.6. The van der Waals surface area contributed by atoms with Gasteiger partial charge in [0.15, 0.2) is 11.7 Å². The van der Waals surface area contributed by atoms with Gasteiger partial charge in [-0.25, -0.2) is 0 Å². The average molecular weight is 749 g/mol. The van der Waals surface area contributed by atoms with Crippen molar-refractivity contribution < 1.29 is 4.57 Å². The topological polar surface area (TPSA) is 13.7 Å². The molecule has 10 aromatic rings. The summed E-state index contributed by atoms with van der Waals surface area (Å²) in [6, 6.07) is 63.1. The Morgan fingerprint density at radius 1 is 0.483 bits per heavy atom. The number of aryl methyl sites for hydroxylation is 1. The molecule has 1 unspecified atom stereocenters. The number of pyridine rings is 1. The van der Waals surface area contributed by atoms with Crippen molar-refractivity contribution >= 4 is 43.6 Å². The second kappa shape index (κ2) is 13.2. The van der Waals surface area contributed by atoms with Crippen LogP contribution in [0, 0.1) is 6.92 Å². The molecular weight excluding hydrogens is 703 g/mol. The maximum atomic E-state index is 2.62. The van der Waals surface area contributed by atoms with Crippen molar-refractivity contribution in [2.75, 3.05) is 0 Å². The molecule has 3 heteroatoms. The van der Waals surface area contributed by atoms with Crippen LogP contribution in [0.25, 0.3) is 88.5 Å². The lowest BCUT2D eigenvalue weighted by molar-refractivity contribution is -0.762. The van der Waals surface area contributed by atoms with Crippen LogP contribution >= 0.6 is 0 Å². The van der Waals surface area contributed by atoms with Gasteiger partial charge in [0.1, 0.15) is 0 Å². The monoisotopic (exact) mass is 748 g/mol. The largest absolute Gasteiger partial charge is 0.309 e. The molecular formula is C55H46N3+. The number of aromatic nitrogens is 3. The lowest BCUT2D eigenvalue weighted by Crippen LogP contribution is -2.61. The van der Waals surface area contributed by atoms with Crippen LogP contribution in [-0.4, -0.2) is 9.13 Å². The SMILES string of the molecule is CCC1(CC)C(C)c2cc(-c3ccccc3)c(-c3ccc4c(c3)c3cc5c6ccccc6n(-c6ccccc6)c5cc3n4-c3ccccc3)cc2-c2c(C)ccc[n+]21. The van der Waals surface area contributed by atoms with Crippen LogP contribution in [0.4, 0.5) is 0 Å². The Kier molecular flexibility index (Phi) is 7.85. The maximum Gasteiger partial charge on any atom is 0.216 e. The van der Waals surface area contributed by atoms with Crippen molar-refractivity contribution in [1.82, 2.24) is 9.13 Å². The van der Waals surface area contributed by atoms with E-state index in [2.05, 4.69) is 217 Å². The highest BCUT2D eigenvalue weighted by atomic mass is 15.1. The third-order valence-electron chi connectivity index (χ3n) is 13.6. The number of nitrogens with zero attached hydrogens (tertiary/aromatic N) is 3. The van der Waals surface area contributed by atoms with Crippen molar-refractivity contribution in [3.8, 4) is 44.9 Å². The van der Waals surface area contributed by atoms with E-state index in [0.29, 0.717) is 5.92 Å². The Labute approximate surface area is 340 Å². The van der Waals surface area contributed by atoms with Gasteiger partial charge in [-0.1, -0.05) is 112 Å². The fourth-order valence-electron chi connectivity index (χ4n) is 10.7. The molecule has 58 heavy (non-hydrogen) atoms. The van der Waals surface area contributed by atoms with Gasteiger partial charge in [-0.3, -0.25) is 0 Å². The molecule has 1 atom stereocenters. The number of para-hydroxylation sites is 3. The minimum Gasteiger partial charge on any atom is -0.309 e. The van der Waals surface area contributed by atoms with Crippen LogP contribution in [0.5, 0.6) is 0 Å². The van der Waals surface area contributed by atoms with Crippen LogP contribution in [0.3, 0.4) is 0 Å². The second-order valence-corrected chi connectivity index (χ2v) is 16.3. The lowest BCUT2D eigenvalue weighted by Gasteiger charge is -2.39. The first-order chi connectivity index (χ1) is 28.5. The molecule has 3 aromatic heterocycles. The number of hydrogen-bond acceptors (Lipinski definition) is 0. The van der Waals surface area contributed by atoms with Crippen LogP contribution in [-0.2, 0) is 5.54 Å². The highest BCUT2D eigenvalue weighted by molar-refractivity contribution is 6.19. The minimum atomic E-state index is 0.0109. The highest BCUT2D eigenvalue weighted by Gasteiger charge is 2.49. The molecule has 0 amide bonds. The standard InChI is InChI=1S/C55H46N3/c1-5-55(6-2)37(4)43-32-44(38-20-10-7-11-21-38)45(33-49(43)54-36(3)19-18-30-56(54)55)39-28-29-51-46(31-39)48-34-47-42-26-16-17-27-50(42)57(40-22-12-8-13-23-40)52(47)35-53(48)58(51)41-24-14-9-15-25-41/h7-35,37H,5-6H2,1-4H3/q+1. The second-order valence-electron chi connectivity index (χ2n) is 16.3. The van der Waals surface area contributed by atoms with Crippen molar-refractivity contribution in [1.29, 1.82) is 0 Å². The van der Waals surface area contributed by atoms with Gasteiger partial charge in [0.25, 0.3) is 0 Å². The third kappa shape index (κ3) is 4.89. The summed E-state index contributed by atoms with van der Waals surface area (Å²) < 4.78 is 7.50. The molecule has 0 radical (unpaired) electrons. The molecule has 280 valence electrons. The fraction of sp³-hybridized carbons (Fsp3) is 0.145. The molecule has 1 aliphatic heterocycles. The first-order valence-corrected chi connectivity index (χ1v) is 20.9. The van der Waals surface area contributed by atoms with Gasteiger partial charge >= 0.3 is 0 Å². The van der Waals surface area contributed by atoms with E-state index in [0.717, 1.165) is 24.2 Å². The summed E-state index contributed by atoms with van der Waals surface area (Å²) in [6.45, 7) is 9.47. The van der Waals surface area contributed by atoms with Gasteiger partial charge in [-0.15, -0.1) is 0 Å². The van der Waals surface area contributed by atoms with Gasteiger partial charge in [-0.2, -0.15) is 4.57 Å². The molecule has 11 rings (SSSR count). The van der Waals surface area contributed by atoms with Crippen LogP contribution in [0.1, 0.15) is 50.7 Å². The summed E-state index contributed by atoms with van der Waals surface area (Å²) in [4.78, 5) is 0. The molecule has 3 nitrogen and oxygen atoms in total. The van der Waals surface area contributed by atoms with Gasteiger partial charge in [0.2, 0.25) is 5.69 Å². The van der Waals surface area contributed by atoms with Gasteiger partial charge in [-0.05, 0) is 108 Å². The van der Waals surface area contributed by atoms with Gasteiger partial charge in [0, 0.05) is 63.3 Å². The molecule has 0 spiro atoms. The Bertz CT molecular complexity index is 3200. The first kappa shape index (κ1) is 34.5. The Morgan fingerprint density at radius 3 is 1.72 bits per heavy atom. The minimum absolute atomic E-state index is 0.0109. The number of hydrogen-bond donors (Lipinski definition) is 0. The molecule has 0 saturated carbocycles. The van der Waals surface area contributed by atoms with Crippen molar-refractivity contribution in [3.05, 3.63) is 187 Å². The maximum absolute atomic E-state index is 2.62. The Morgan fingerprint density at radius 2 is 1.05 bits per heavy atom. The normalized spacial score (nSPS) is 14.7. The predicted octanol–water partition coefficient (Wildman–Crippen LogP) is 14.1. The summed E-state index contributed by atoms with van der Waals surface area (Å²) in [5.41, 5.74) is 17.6. The molecule has 0 aliphatic carbocycles. The number of benzene rings is 7. The summed E-state index contributed by atoms with van der Waals surface area (Å²) in [5, 5.41) is 5.03. The molecule has 7 aromatic carbocycles. The van der Waals surface area contributed by atoms with E-state index in [9.17, 15) is 0 Å². The molecule has 0 fully saturated rings. The molecule has 0 bridgehead atoms. The highest BCUT2D eigenvalue weighted by Crippen LogP contribution is 2.50. The Hall–Kier alpha value is -6.71. The van der Waals surface area contributed by atoms with Crippen molar-refractivity contribution in [3.63, 3.8) is 0 Å². The third-order valence-corrected chi connectivity index (χ3v) is 13.6. The van der Waals surface area contributed by atoms with Gasteiger partial charge in [0.05, 0.1) is 27.6 Å². The number of fused-ring (bicyclic) bond motifs is 9. The summed E-state index contributed by atoms with van der Waals surface area (Å²) in [7, 11) is 0. The number of rotatable bonds is 6. The smallest absolute Gasteiger partial charge is 0.216 e. The fourth-order valence-corrected chi connectivity index (χ4v) is 10.7. The van der Waals surface area contributed by atoms with Crippen LogP contribution in [0.15, 0.2) is 176 Å². The van der Waals surface area contributed by atoms with Crippen molar-refractivity contribution in [2.24, 2.45) is 0 Å². The van der Waals surface area contributed by atoms with E-state index in [-0.39, 0.29) is 5.54 Å². The van der Waals surface area contributed by atoms with E-state index in [1.165, 1.54) is 88.2 Å². The van der Waals surface area contributed by atoms with Crippen LogP contribution < -0.4 is 4.57 Å². The molecule has 1 aliphatic rings. The van der Waals surface area contributed by atoms with Crippen molar-refractivity contribution in [2.45, 2.75) is 52.0 Å². The first-order valence-electron chi connectivity index (χ1n) is 20.9. The molecule has 0 saturated heterocycles. The molecule has 0 N–H and O–H groups in total. The van der Waals surface area contributed by atoms with E-state index >= 15 is 0 Å². The Balaban J connectivity index is 1.23. The zero-order valence-corrected chi connectivity index (χ0v) is 33.6. The van der Waals surface area contributed by atoms with E-state index in [1.807, 2.05) is 0 Å². The van der Waals surface area contributed by atoms with Crippen LogP contribution in [0.2, 0.25) is 0 Å². The van der Waals surface area contributed by atoms with E-state index in [1.54, 1.807) is 0 Å². The molecule has 4 heterocycles. The summed E-state index contributed by atoms with van der Waals surface area (Å²) in [6.07, 6.45) is 4.49. The van der Waals surface area contributed by atoms with Gasteiger partial charge < -0.3 is 9.13 Å². The summed E-state index contributed by atoms with van der Waals surface area (Å²) >= 11 is 0. The zero-order chi connectivity index (χ0) is 39.1. The summed E-state index contributed by atoms with van der Waals surface area (Å²) in [5.74, 6) is 0.347. The van der Waals surface area contributed by atoms with E-state index in [4.69, 9.17) is 0 Å². The van der Waals surface area contributed by atoms with E-state index < -0.39 is 0 Å².